The highest BCUT2D eigenvalue weighted by atomic mass is 19.1. The summed E-state index contributed by atoms with van der Waals surface area (Å²) in [5.74, 6) is -0.248. The number of amides is 2. The molecular formula is C17H21FN4O3. The molecule has 0 aliphatic carbocycles. The predicted octanol–water partition coefficient (Wildman–Crippen LogP) is 0.644. The fraction of sp³-hybridized carbons (Fsp3) is 0.529. The van der Waals surface area contributed by atoms with Crippen LogP contribution in [-0.2, 0) is 9.53 Å². The third-order valence-corrected chi connectivity index (χ3v) is 5.27. The van der Waals surface area contributed by atoms with Crippen molar-refractivity contribution < 1.29 is 18.7 Å². The van der Waals surface area contributed by atoms with Crippen LogP contribution in [-0.4, -0.2) is 60.6 Å². The molecule has 3 saturated heterocycles. The van der Waals surface area contributed by atoms with Crippen LogP contribution in [0, 0.1) is 11.7 Å². The first-order valence-electron chi connectivity index (χ1n) is 8.58. The SMILES string of the molecule is O=C(CN1CCOC1=O)N1CCC2NNC(c3ccccc3F)C2C1. The van der Waals surface area contributed by atoms with Gasteiger partial charge in [0.2, 0.25) is 5.91 Å². The lowest BCUT2D eigenvalue weighted by Crippen LogP contribution is -2.50. The van der Waals surface area contributed by atoms with Crippen LogP contribution in [0.3, 0.4) is 0 Å². The number of nitrogens with zero attached hydrogens (tertiary/aromatic N) is 2. The second-order valence-electron chi connectivity index (χ2n) is 6.72. The van der Waals surface area contributed by atoms with E-state index in [0.29, 0.717) is 31.8 Å². The lowest BCUT2D eigenvalue weighted by atomic mass is 9.85. The topological polar surface area (TPSA) is 73.9 Å². The molecule has 0 aromatic heterocycles. The molecule has 8 heteroatoms. The normalized spacial score (nSPS) is 28.8. The zero-order chi connectivity index (χ0) is 17.4. The van der Waals surface area contributed by atoms with E-state index in [1.807, 2.05) is 6.07 Å². The molecule has 134 valence electrons. The summed E-state index contributed by atoms with van der Waals surface area (Å²) in [7, 11) is 0. The van der Waals surface area contributed by atoms with Crippen LogP contribution in [0.15, 0.2) is 24.3 Å². The molecule has 3 aliphatic heterocycles. The molecule has 3 unspecified atom stereocenters. The third-order valence-electron chi connectivity index (χ3n) is 5.27. The number of rotatable bonds is 3. The van der Waals surface area contributed by atoms with Crippen LogP contribution in [0.1, 0.15) is 18.0 Å². The molecule has 3 atom stereocenters. The maximum absolute atomic E-state index is 14.2. The van der Waals surface area contributed by atoms with Crippen molar-refractivity contribution in [2.75, 3.05) is 32.8 Å². The molecule has 0 spiro atoms. The second-order valence-corrected chi connectivity index (χ2v) is 6.72. The third kappa shape index (κ3) is 3.07. The molecule has 25 heavy (non-hydrogen) atoms. The van der Waals surface area contributed by atoms with Crippen LogP contribution < -0.4 is 10.9 Å². The van der Waals surface area contributed by atoms with Crippen LogP contribution in [0.25, 0.3) is 0 Å². The van der Waals surface area contributed by atoms with Gasteiger partial charge in [-0.3, -0.25) is 15.1 Å². The zero-order valence-corrected chi connectivity index (χ0v) is 13.8. The van der Waals surface area contributed by atoms with E-state index in [2.05, 4.69) is 10.9 Å². The van der Waals surface area contributed by atoms with E-state index < -0.39 is 6.09 Å². The van der Waals surface area contributed by atoms with Crippen molar-refractivity contribution in [2.45, 2.75) is 18.5 Å². The summed E-state index contributed by atoms with van der Waals surface area (Å²) in [6.07, 6.45) is 0.357. The lowest BCUT2D eigenvalue weighted by molar-refractivity contribution is -0.133. The molecule has 2 N–H and O–H groups in total. The van der Waals surface area contributed by atoms with E-state index in [9.17, 15) is 14.0 Å². The van der Waals surface area contributed by atoms with Gasteiger partial charge in [0.25, 0.3) is 0 Å². The molecule has 2 amide bonds. The number of cyclic esters (lactones) is 1. The number of hydrogen-bond acceptors (Lipinski definition) is 5. The smallest absolute Gasteiger partial charge is 0.410 e. The van der Waals surface area contributed by atoms with E-state index >= 15 is 0 Å². The number of carbonyl (C=O) groups is 2. The summed E-state index contributed by atoms with van der Waals surface area (Å²) >= 11 is 0. The number of hydrazine groups is 1. The zero-order valence-electron chi connectivity index (χ0n) is 13.8. The van der Waals surface area contributed by atoms with Crippen molar-refractivity contribution in [3.05, 3.63) is 35.6 Å². The first kappa shape index (κ1) is 16.3. The van der Waals surface area contributed by atoms with Gasteiger partial charge in [-0.25, -0.2) is 14.6 Å². The standard InChI is InChI=1S/C17H21FN4O3/c18-13-4-2-1-3-11(13)16-12-9-21(6-5-14(12)19-20-16)15(23)10-22-7-8-25-17(22)24/h1-4,12,14,16,19-20H,5-10H2. The Morgan fingerprint density at radius 1 is 1.28 bits per heavy atom. The van der Waals surface area contributed by atoms with E-state index in [1.54, 1.807) is 17.0 Å². The van der Waals surface area contributed by atoms with Crippen molar-refractivity contribution in [1.29, 1.82) is 0 Å². The summed E-state index contributed by atoms with van der Waals surface area (Å²) in [5.41, 5.74) is 7.03. The highest BCUT2D eigenvalue weighted by Crippen LogP contribution is 2.34. The number of nitrogens with one attached hydrogen (secondary N) is 2. The summed E-state index contributed by atoms with van der Waals surface area (Å²) in [6, 6.07) is 6.74. The summed E-state index contributed by atoms with van der Waals surface area (Å²) in [5, 5.41) is 0. The Labute approximate surface area is 145 Å². The Morgan fingerprint density at radius 3 is 2.88 bits per heavy atom. The summed E-state index contributed by atoms with van der Waals surface area (Å²) in [4.78, 5) is 27.3. The molecule has 0 bridgehead atoms. The van der Waals surface area contributed by atoms with E-state index in [1.165, 1.54) is 11.0 Å². The summed E-state index contributed by atoms with van der Waals surface area (Å²) < 4.78 is 19.0. The number of fused-ring (bicyclic) bond motifs is 1. The van der Waals surface area contributed by atoms with Gasteiger partial charge in [-0.2, -0.15) is 0 Å². The molecule has 3 heterocycles. The van der Waals surface area contributed by atoms with Gasteiger partial charge < -0.3 is 9.64 Å². The van der Waals surface area contributed by atoms with Crippen molar-refractivity contribution in [2.24, 2.45) is 5.92 Å². The Morgan fingerprint density at radius 2 is 2.12 bits per heavy atom. The van der Waals surface area contributed by atoms with Gasteiger partial charge in [0, 0.05) is 30.6 Å². The second kappa shape index (κ2) is 6.61. The van der Waals surface area contributed by atoms with E-state index in [-0.39, 0.29) is 36.3 Å². The van der Waals surface area contributed by atoms with Crippen LogP contribution in [0.4, 0.5) is 9.18 Å². The number of likely N-dealkylation sites (tertiary alicyclic amines) is 1. The molecular weight excluding hydrogens is 327 g/mol. The number of carbonyl (C=O) groups excluding carboxylic acids is 2. The monoisotopic (exact) mass is 348 g/mol. The van der Waals surface area contributed by atoms with Gasteiger partial charge in [0.1, 0.15) is 19.0 Å². The van der Waals surface area contributed by atoms with Gasteiger partial charge in [0.15, 0.2) is 0 Å². The minimum Gasteiger partial charge on any atom is -0.448 e. The average molecular weight is 348 g/mol. The van der Waals surface area contributed by atoms with Gasteiger partial charge >= 0.3 is 6.09 Å². The average Bonchev–Trinajstić information content (AvgIpc) is 3.21. The Bertz CT molecular complexity index is 686. The van der Waals surface area contributed by atoms with Crippen molar-refractivity contribution in [3.8, 4) is 0 Å². The molecule has 7 nitrogen and oxygen atoms in total. The minimum atomic E-state index is -0.434. The van der Waals surface area contributed by atoms with Crippen LogP contribution >= 0.6 is 0 Å². The maximum atomic E-state index is 14.2. The number of piperidine rings is 1. The molecule has 4 rings (SSSR count). The first-order chi connectivity index (χ1) is 12.1. The molecule has 1 aromatic rings. The highest BCUT2D eigenvalue weighted by Gasteiger charge is 2.42. The van der Waals surface area contributed by atoms with Gasteiger partial charge in [-0.05, 0) is 12.5 Å². The number of benzene rings is 1. The van der Waals surface area contributed by atoms with E-state index in [0.717, 1.165) is 6.42 Å². The Balaban J connectivity index is 1.45. The fourth-order valence-corrected chi connectivity index (χ4v) is 3.90. The van der Waals surface area contributed by atoms with Crippen molar-refractivity contribution in [3.63, 3.8) is 0 Å². The molecule has 3 aliphatic rings. The quantitative estimate of drug-likeness (QED) is 0.839. The van der Waals surface area contributed by atoms with E-state index in [4.69, 9.17) is 4.74 Å². The lowest BCUT2D eigenvalue weighted by Gasteiger charge is -2.36. The van der Waals surface area contributed by atoms with Crippen molar-refractivity contribution in [1.82, 2.24) is 20.7 Å². The maximum Gasteiger partial charge on any atom is 0.410 e. The number of hydrogen-bond donors (Lipinski definition) is 2. The number of halogens is 1. The Kier molecular flexibility index (Phi) is 4.30. The van der Waals surface area contributed by atoms with Crippen molar-refractivity contribution >= 4 is 12.0 Å². The Hall–Kier alpha value is -2.19. The first-order valence-corrected chi connectivity index (χ1v) is 8.58. The highest BCUT2D eigenvalue weighted by molar-refractivity contribution is 5.83. The number of ether oxygens (including phenoxy) is 1. The van der Waals surface area contributed by atoms with Crippen LogP contribution in [0.5, 0.6) is 0 Å². The van der Waals surface area contributed by atoms with Crippen LogP contribution in [0.2, 0.25) is 0 Å². The molecule has 1 aromatic carbocycles. The van der Waals surface area contributed by atoms with Gasteiger partial charge in [-0.1, -0.05) is 18.2 Å². The molecule has 0 saturated carbocycles. The van der Waals surface area contributed by atoms with Gasteiger partial charge in [0.05, 0.1) is 12.6 Å². The predicted molar refractivity (Wildman–Crippen MR) is 86.8 cm³/mol. The molecule has 0 radical (unpaired) electrons. The fourth-order valence-electron chi connectivity index (χ4n) is 3.90. The summed E-state index contributed by atoms with van der Waals surface area (Å²) in [6.45, 7) is 1.99. The minimum absolute atomic E-state index is 0.0431. The molecule has 3 fully saturated rings. The van der Waals surface area contributed by atoms with Gasteiger partial charge in [-0.15, -0.1) is 0 Å². The largest absolute Gasteiger partial charge is 0.448 e.